The number of amides is 1. The van der Waals surface area contributed by atoms with Gasteiger partial charge in [0, 0.05) is 61.5 Å². The number of nitrogens with zero attached hydrogens (tertiary/aromatic N) is 4. The molecule has 3 aromatic carbocycles. The minimum atomic E-state index is -0.0954. The first-order valence-electron chi connectivity index (χ1n) is 13.3. The fraction of sp³-hybridized carbons (Fsp3) is 0.355. The molecule has 1 amide bonds. The molecule has 2 saturated heterocycles. The van der Waals surface area contributed by atoms with Gasteiger partial charge in [-0.25, -0.2) is 0 Å². The van der Waals surface area contributed by atoms with Crippen molar-refractivity contribution >= 4 is 27.5 Å². The van der Waals surface area contributed by atoms with Gasteiger partial charge in [0.25, 0.3) is 5.91 Å². The average molecular weight is 574 g/mol. The van der Waals surface area contributed by atoms with E-state index in [1.807, 2.05) is 53.4 Å². The molecule has 1 atom stereocenters. The molecule has 0 saturated carbocycles. The quantitative estimate of drug-likeness (QED) is 0.349. The Balaban J connectivity index is 1.26. The third-order valence-electron chi connectivity index (χ3n) is 7.42. The van der Waals surface area contributed by atoms with Gasteiger partial charge in [-0.3, -0.25) is 9.69 Å². The SMILES string of the molecule is N#Cc1ccc(COC(CN2CCN(C(=O)c3ccc(Br)cc3)CC2)c2cccc(N3CCCC3)c2)cc1. The number of carbonyl (C=O) groups is 1. The Morgan fingerprint density at radius 2 is 1.63 bits per heavy atom. The molecule has 0 bridgehead atoms. The van der Waals surface area contributed by atoms with Gasteiger partial charge in [0.05, 0.1) is 24.3 Å². The normalized spacial score (nSPS) is 16.8. The summed E-state index contributed by atoms with van der Waals surface area (Å²) in [5.41, 5.74) is 4.87. The predicted molar refractivity (Wildman–Crippen MR) is 153 cm³/mol. The second kappa shape index (κ2) is 12.6. The number of nitriles is 1. The molecule has 2 heterocycles. The first kappa shape index (κ1) is 26.4. The summed E-state index contributed by atoms with van der Waals surface area (Å²) < 4.78 is 7.51. The Hall–Kier alpha value is -3.18. The number of carbonyl (C=O) groups excluding carboxylic acids is 1. The van der Waals surface area contributed by atoms with Crippen LogP contribution in [-0.2, 0) is 11.3 Å². The lowest BCUT2D eigenvalue weighted by atomic mass is 10.1. The van der Waals surface area contributed by atoms with E-state index in [9.17, 15) is 4.79 Å². The highest BCUT2D eigenvalue weighted by atomic mass is 79.9. The number of halogens is 1. The molecule has 2 aliphatic heterocycles. The average Bonchev–Trinajstić information content (AvgIpc) is 3.51. The van der Waals surface area contributed by atoms with Crippen LogP contribution >= 0.6 is 15.9 Å². The molecule has 6 nitrogen and oxygen atoms in total. The predicted octanol–water partition coefficient (Wildman–Crippen LogP) is 5.64. The zero-order valence-corrected chi connectivity index (χ0v) is 23.1. The summed E-state index contributed by atoms with van der Waals surface area (Å²) in [5.74, 6) is 0.0871. The minimum absolute atomic E-state index is 0.0871. The molecular formula is C31H33BrN4O2. The summed E-state index contributed by atoms with van der Waals surface area (Å²) in [7, 11) is 0. The van der Waals surface area contributed by atoms with Gasteiger partial charge in [-0.15, -0.1) is 0 Å². The largest absolute Gasteiger partial charge is 0.372 e. The molecule has 0 aliphatic carbocycles. The third kappa shape index (κ3) is 6.63. The summed E-state index contributed by atoms with van der Waals surface area (Å²) in [4.78, 5) is 19.8. The third-order valence-corrected chi connectivity index (χ3v) is 7.95. The van der Waals surface area contributed by atoms with Crippen molar-refractivity contribution < 1.29 is 9.53 Å². The topological polar surface area (TPSA) is 59.8 Å². The highest BCUT2D eigenvalue weighted by molar-refractivity contribution is 9.10. The Kier molecular flexibility index (Phi) is 8.75. The zero-order valence-electron chi connectivity index (χ0n) is 21.6. The molecule has 7 heteroatoms. The number of rotatable bonds is 8. The van der Waals surface area contributed by atoms with Crippen molar-refractivity contribution in [2.45, 2.75) is 25.6 Å². The van der Waals surface area contributed by atoms with E-state index in [1.54, 1.807) is 0 Å². The zero-order chi connectivity index (χ0) is 26.3. The lowest BCUT2D eigenvalue weighted by Gasteiger charge is -2.36. The molecule has 38 heavy (non-hydrogen) atoms. The van der Waals surface area contributed by atoms with Crippen molar-refractivity contribution in [3.05, 3.63) is 99.5 Å². The van der Waals surface area contributed by atoms with Gasteiger partial charge in [-0.05, 0) is 72.5 Å². The number of hydrogen-bond donors (Lipinski definition) is 0. The van der Waals surface area contributed by atoms with E-state index in [2.05, 4.69) is 56.1 Å². The van der Waals surface area contributed by atoms with Crippen LogP contribution in [0.2, 0.25) is 0 Å². The molecule has 2 fully saturated rings. The van der Waals surface area contributed by atoms with E-state index in [-0.39, 0.29) is 12.0 Å². The van der Waals surface area contributed by atoms with Crippen LogP contribution in [0.1, 0.15) is 46.0 Å². The van der Waals surface area contributed by atoms with Crippen LogP contribution < -0.4 is 4.90 Å². The van der Waals surface area contributed by atoms with Crippen LogP contribution in [0.3, 0.4) is 0 Å². The lowest BCUT2D eigenvalue weighted by molar-refractivity contribution is 0.00344. The lowest BCUT2D eigenvalue weighted by Crippen LogP contribution is -2.49. The fourth-order valence-electron chi connectivity index (χ4n) is 5.17. The molecular weight excluding hydrogens is 540 g/mol. The Bertz CT molecular complexity index is 1260. The molecule has 0 spiro atoms. The highest BCUT2D eigenvalue weighted by Gasteiger charge is 2.25. The summed E-state index contributed by atoms with van der Waals surface area (Å²) in [6, 6.07) is 26.1. The molecule has 5 rings (SSSR count). The maximum Gasteiger partial charge on any atom is 0.253 e. The molecule has 0 radical (unpaired) electrons. The second-order valence-corrected chi connectivity index (χ2v) is 10.9. The van der Waals surface area contributed by atoms with Gasteiger partial charge in [0.2, 0.25) is 0 Å². The number of piperazine rings is 1. The Labute approximate surface area is 233 Å². The molecule has 0 aromatic heterocycles. The van der Waals surface area contributed by atoms with E-state index < -0.39 is 0 Å². The maximum absolute atomic E-state index is 13.0. The molecule has 196 valence electrons. The van der Waals surface area contributed by atoms with Crippen molar-refractivity contribution in [1.82, 2.24) is 9.80 Å². The van der Waals surface area contributed by atoms with Crippen LogP contribution in [0.4, 0.5) is 5.69 Å². The van der Waals surface area contributed by atoms with E-state index >= 15 is 0 Å². The van der Waals surface area contributed by atoms with E-state index in [1.165, 1.54) is 24.1 Å². The first-order chi connectivity index (χ1) is 18.6. The van der Waals surface area contributed by atoms with Crippen LogP contribution in [-0.4, -0.2) is 61.5 Å². The summed E-state index contributed by atoms with van der Waals surface area (Å²) in [6.07, 6.45) is 2.39. The highest BCUT2D eigenvalue weighted by Crippen LogP contribution is 2.28. The van der Waals surface area contributed by atoms with Crippen molar-refractivity contribution in [1.29, 1.82) is 5.26 Å². The standard InChI is InChI=1S/C31H33BrN4O2/c32-28-12-10-26(11-13-28)31(37)36-18-16-34(17-19-36)22-30(38-23-25-8-6-24(21-33)7-9-25)27-4-3-5-29(20-27)35-14-1-2-15-35/h3-13,20,30H,1-2,14-19,22-23H2. The molecule has 0 N–H and O–H groups in total. The fourth-order valence-corrected chi connectivity index (χ4v) is 5.43. The first-order valence-corrected chi connectivity index (χ1v) is 14.1. The van der Waals surface area contributed by atoms with Gasteiger partial charge < -0.3 is 14.5 Å². The van der Waals surface area contributed by atoms with Gasteiger partial charge in [-0.2, -0.15) is 5.26 Å². The molecule has 3 aromatic rings. The number of hydrogen-bond acceptors (Lipinski definition) is 5. The van der Waals surface area contributed by atoms with Crippen LogP contribution in [0.25, 0.3) is 0 Å². The molecule has 2 aliphatic rings. The Morgan fingerprint density at radius 3 is 2.32 bits per heavy atom. The smallest absolute Gasteiger partial charge is 0.253 e. The Morgan fingerprint density at radius 1 is 0.921 bits per heavy atom. The van der Waals surface area contributed by atoms with Crippen LogP contribution in [0.15, 0.2) is 77.3 Å². The summed E-state index contributed by atoms with van der Waals surface area (Å²) in [5, 5.41) is 9.10. The van der Waals surface area contributed by atoms with Gasteiger partial charge in [0.15, 0.2) is 0 Å². The van der Waals surface area contributed by atoms with Crippen LogP contribution in [0.5, 0.6) is 0 Å². The van der Waals surface area contributed by atoms with Gasteiger partial charge in [-0.1, -0.05) is 40.2 Å². The van der Waals surface area contributed by atoms with Crippen LogP contribution in [0, 0.1) is 11.3 Å². The minimum Gasteiger partial charge on any atom is -0.372 e. The van der Waals surface area contributed by atoms with Crippen molar-refractivity contribution in [3.8, 4) is 6.07 Å². The van der Waals surface area contributed by atoms with Gasteiger partial charge >= 0.3 is 0 Å². The van der Waals surface area contributed by atoms with Crippen molar-refractivity contribution in [3.63, 3.8) is 0 Å². The van der Waals surface area contributed by atoms with E-state index in [0.717, 1.165) is 48.3 Å². The monoisotopic (exact) mass is 572 g/mol. The van der Waals surface area contributed by atoms with Crippen molar-refractivity contribution in [2.75, 3.05) is 50.7 Å². The second-order valence-electron chi connectivity index (χ2n) is 10.00. The van der Waals surface area contributed by atoms with Gasteiger partial charge in [0.1, 0.15) is 0 Å². The van der Waals surface area contributed by atoms with Crippen molar-refractivity contribution in [2.24, 2.45) is 0 Å². The van der Waals surface area contributed by atoms with E-state index in [0.29, 0.717) is 25.3 Å². The number of ether oxygens (including phenoxy) is 1. The maximum atomic E-state index is 13.0. The number of anilines is 1. The summed E-state index contributed by atoms with van der Waals surface area (Å²) in [6.45, 7) is 6.47. The number of benzene rings is 3. The van der Waals surface area contributed by atoms with E-state index in [4.69, 9.17) is 10.00 Å². The molecule has 1 unspecified atom stereocenters. The summed E-state index contributed by atoms with van der Waals surface area (Å²) >= 11 is 3.44.